The largest absolute Gasteiger partial charge is 0.357 e. The van der Waals surface area contributed by atoms with E-state index in [1.165, 1.54) is 10.8 Å². The summed E-state index contributed by atoms with van der Waals surface area (Å²) in [7, 11) is 4.74. The highest BCUT2D eigenvalue weighted by Gasteiger charge is 2.39. The van der Waals surface area contributed by atoms with E-state index in [2.05, 4.69) is 34.7 Å². The van der Waals surface area contributed by atoms with Crippen molar-refractivity contribution < 1.29 is 14.4 Å². The molecule has 222 valence electrons. The number of nitrogens with one attached hydrogen (secondary N) is 2. The summed E-state index contributed by atoms with van der Waals surface area (Å²) in [5.41, 5.74) is 3.08. The van der Waals surface area contributed by atoms with Crippen LogP contribution in [0.2, 0.25) is 0 Å². The highest BCUT2D eigenvalue weighted by molar-refractivity contribution is 8.76. The van der Waals surface area contributed by atoms with Crippen LogP contribution in [-0.4, -0.2) is 58.5 Å². The van der Waals surface area contributed by atoms with Gasteiger partial charge in [0.25, 0.3) is 0 Å². The smallest absolute Gasteiger partial charge is 0.245 e. The quantitative estimate of drug-likeness (QED) is 0.255. The van der Waals surface area contributed by atoms with Crippen LogP contribution in [0.15, 0.2) is 85.1 Å². The molecule has 42 heavy (non-hydrogen) atoms. The lowest BCUT2D eigenvalue weighted by atomic mass is 9.90. The molecule has 1 saturated heterocycles. The summed E-state index contributed by atoms with van der Waals surface area (Å²) in [6.07, 6.45) is 4.92. The Balaban J connectivity index is 1.55. The maximum atomic E-state index is 14.2. The zero-order valence-electron chi connectivity index (χ0n) is 24.3. The number of carbonyl (C=O) groups excluding carboxylic acids is 3. The molecule has 2 heterocycles. The molecule has 1 unspecified atom stereocenters. The maximum absolute atomic E-state index is 14.2. The SMILES string of the molecule is CCCC(SSCc1ccccn1)C(=O)N[C@H]1C[C@H](c2ccccc2)CCN([C@@H](Cc2ccccc2)C(=O)NC)C1=O. The topological polar surface area (TPSA) is 91.4 Å². The fraction of sp³-hybridized carbons (Fsp3) is 0.394. The Morgan fingerprint density at radius 2 is 1.71 bits per heavy atom. The molecule has 0 radical (unpaired) electrons. The Bertz CT molecular complexity index is 1280. The summed E-state index contributed by atoms with van der Waals surface area (Å²) in [5, 5.41) is 5.60. The summed E-state index contributed by atoms with van der Waals surface area (Å²) in [6.45, 7) is 2.49. The third-order valence-electron chi connectivity index (χ3n) is 7.56. The molecule has 0 aliphatic carbocycles. The van der Waals surface area contributed by atoms with Crippen molar-refractivity contribution in [3.63, 3.8) is 0 Å². The van der Waals surface area contributed by atoms with Crippen LogP contribution >= 0.6 is 21.6 Å². The van der Waals surface area contributed by atoms with E-state index in [0.717, 1.165) is 23.2 Å². The molecule has 3 aromatic rings. The predicted molar refractivity (Wildman–Crippen MR) is 172 cm³/mol. The van der Waals surface area contributed by atoms with E-state index in [0.29, 0.717) is 38.0 Å². The second-order valence-electron chi connectivity index (χ2n) is 10.5. The Morgan fingerprint density at radius 1 is 1.00 bits per heavy atom. The van der Waals surface area contributed by atoms with E-state index in [1.54, 1.807) is 28.9 Å². The first-order valence-electron chi connectivity index (χ1n) is 14.6. The van der Waals surface area contributed by atoms with Crippen molar-refractivity contribution in [2.45, 2.75) is 68.0 Å². The molecular formula is C33H40N4O3S2. The zero-order valence-corrected chi connectivity index (χ0v) is 25.9. The average Bonchev–Trinajstić information content (AvgIpc) is 3.19. The molecule has 0 bridgehead atoms. The number of pyridine rings is 1. The average molecular weight is 605 g/mol. The van der Waals surface area contributed by atoms with Gasteiger partial charge in [-0.15, -0.1) is 0 Å². The molecule has 1 aliphatic heterocycles. The van der Waals surface area contributed by atoms with Crippen molar-refractivity contribution in [2.75, 3.05) is 13.6 Å². The first-order chi connectivity index (χ1) is 20.5. The van der Waals surface area contributed by atoms with Gasteiger partial charge in [0.1, 0.15) is 12.1 Å². The van der Waals surface area contributed by atoms with Crippen molar-refractivity contribution in [3.05, 3.63) is 102 Å². The fourth-order valence-electron chi connectivity index (χ4n) is 5.32. The highest BCUT2D eigenvalue weighted by atomic mass is 33.1. The van der Waals surface area contributed by atoms with E-state index in [-0.39, 0.29) is 28.9 Å². The lowest BCUT2D eigenvalue weighted by Gasteiger charge is -2.32. The summed E-state index contributed by atoms with van der Waals surface area (Å²) >= 11 is 0. The zero-order chi connectivity index (χ0) is 29.7. The minimum absolute atomic E-state index is 0.0725. The van der Waals surface area contributed by atoms with E-state index in [1.807, 2.05) is 66.7 Å². The van der Waals surface area contributed by atoms with Gasteiger partial charge in [-0.25, -0.2) is 0 Å². The number of hydrogen-bond acceptors (Lipinski definition) is 6. The first kappa shape index (κ1) is 31.6. The molecule has 1 fully saturated rings. The Hall–Kier alpha value is -3.30. The normalized spacial score (nSPS) is 18.5. The number of amides is 3. The van der Waals surface area contributed by atoms with Crippen molar-refractivity contribution in [2.24, 2.45) is 0 Å². The Kier molecular flexibility index (Phi) is 12.3. The molecule has 9 heteroatoms. The minimum Gasteiger partial charge on any atom is -0.357 e. The molecule has 2 N–H and O–H groups in total. The standard InChI is InChI=1S/C33H40N4O3S2/c1-3-12-30(42-41-23-27-17-10-11-19-35-27)32(39)36-28-22-26(25-15-8-5-9-16-25)18-20-37(33(28)40)29(31(38)34-2)21-24-13-6-4-7-14-24/h4-11,13-17,19,26,28-30H,3,12,18,20-23H2,1-2H3,(H,34,38)(H,36,39)/t26-,28+,29+,30?/m1/s1. The summed E-state index contributed by atoms with van der Waals surface area (Å²) in [5.74, 6) is 0.220. The van der Waals surface area contributed by atoms with Gasteiger partial charge in [0.2, 0.25) is 17.7 Å². The van der Waals surface area contributed by atoms with Gasteiger partial charge < -0.3 is 15.5 Å². The van der Waals surface area contributed by atoms with Gasteiger partial charge in [-0.1, -0.05) is 102 Å². The Labute approximate surface area is 257 Å². The molecule has 7 nitrogen and oxygen atoms in total. The monoisotopic (exact) mass is 604 g/mol. The van der Waals surface area contributed by atoms with Crippen LogP contribution in [0.5, 0.6) is 0 Å². The van der Waals surface area contributed by atoms with Crippen molar-refractivity contribution >= 4 is 39.3 Å². The summed E-state index contributed by atoms with van der Waals surface area (Å²) in [4.78, 5) is 47.1. The van der Waals surface area contributed by atoms with Gasteiger partial charge in [-0.2, -0.15) is 0 Å². The number of benzene rings is 2. The molecule has 0 spiro atoms. The first-order valence-corrected chi connectivity index (χ1v) is 17.0. The second-order valence-corrected chi connectivity index (χ2v) is 13.1. The lowest BCUT2D eigenvalue weighted by molar-refractivity contribution is -0.142. The van der Waals surface area contributed by atoms with Crippen LogP contribution in [0, 0.1) is 0 Å². The van der Waals surface area contributed by atoms with E-state index >= 15 is 0 Å². The van der Waals surface area contributed by atoms with Crippen LogP contribution in [0.4, 0.5) is 0 Å². The third kappa shape index (κ3) is 8.85. The summed E-state index contributed by atoms with van der Waals surface area (Å²) < 4.78 is 0. The Morgan fingerprint density at radius 3 is 2.38 bits per heavy atom. The van der Waals surface area contributed by atoms with Crippen LogP contribution in [0.25, 0.3) is 0 Å². The second kappa shape index (κ2) is 16.4. The maximum Gasteiger partial charge on any atom is 0.245 e. The van der Waals surface area contributed by atoms with Crippen LogP contribution < -0.4 is 10.6 Å². The van der Waals surface area contributed by atoms with Crippen molar-refractivity contribution in [1.82, 2.24) is 20.5 Å². The van der Waals surface area contributed by atoms with Crippen molar-refractivity contribution in [3.8, 4) is 0 Å². The number of likely N-dealkylation sites (N-methyl/N-ethyl adjacent to an activating group) is 1. The van der Waals surface area contributed by atoms with E-state index in [9.17, 15) is 14.4 Å². The van der Waals surface area contributed by atoms with Crippen molar-refractivity contribution in [1.29, 1.82) is 0 Å². The van der Waals surface area contributed by atoms with E-state index < -0.39 is 12.1 Å². The van der Waals surface area contributed by atoms with E-state index in [4.69, 9.17) is 0 Å². The van der Waals surface area contributed by atoms with Gasteiger partial charge in [-0.3, -0.25) is 19.4 Å². The lowest BCUT2D eigenvalue weighted by Crippen LogP contribution is -2.56. The van der Waals surface area contributed by atoms with Gasteiger partial charge >= 0.3 is 0 Å². The number of likely N-dealkylation sites (tertiary alicyclic amines) is 1. The number of aromatic nitrogens is 1. The van der Waals surface area contributed by atoms with Crippen LogP contribution in [0.1, 0.15) is 55.3 Å². The molecule has 1 aliphatic rings. The van der Waals surface area contributed by atoms with Gasteiger partial charge in [0.05, 0.1) is 10.9 Å². The van der Waals surface area contributed by atoms with Gasteiger partial charge in [0.15, 0.2) is 0 Å². The predicted octanol–water partition coefficient (Wildman–Crippen LogP) is 5.38. The minimum atomic E-state index is -0.728. The molecule has 2 aromatic carbocycles. The van der Waals surface area contributed by atoms with Crippen LogP contribution in [0.3, 0.4) is 0 Å². The number of rotatable bonds is 13. The summed E-state index contributed by atoms with van der Waals surface area (Å²) in [6, 6.07) is 24.3. The molecule has 1 aromatic heterocycles. The number of hydrogen-bond donors (Lipinski definition) is 2. The molecule has 0 saturated carbocycles. The molecule has 3 amide bonds. The third-order valence-corrected chi connectivity index (χ3v) is 10.3. The van der Waals surface area contributed by atoms with Crippen LogP contribution in [-0.2, 0) is 26.6 Å². The number of carbonyl (C=O) groups is 3. The van der Waals surface area contributed by atoms with Gasteiger partial charge in [0, 0.05) is 32.0 Å². The van der Waals surface area contributed by atoms with Gasteiger partial charge in [-0.05, 0) is 48.4 Å². The highest BCUT2D eigenvalue weighted by Crippen LogP contribution is 2.34. The molecule has 4 atom stereocenters. The number of nitrogens with zero attached hydrogens (tertiary/aromatic N) is 2. The molecular weight excluding hydrogens is 565 g/mol. The fourth-order valence-corrected chi connectivity index (χ4v) is 7.95. The molecule has 4 rings (SSSR count).